The van der Waals surface area contributed by atoms with Crippen molar-refractivity contribution in [2.45, 2.75) is 6.18 Å². The lowest BCUT2D eigenvalue weighted by Gasteiger charge is -2.00. The van der Waals surface area contributed by atoms with Gasteiger partial charge in [0.1, 0.15) is 5.69 Å². The Labute approximate surface area is 96.4 Å². The van der Waals surface area contributed by atoms with Crippen LogP contribution in [0.1, 0.15) is 5.69 Å². The van der Waals surface area contributed by atoms with Crippen molar-refractivity contribution in [3.8, 4) is 0 Å². The lowest BCUT2D eigenvalue weighted by molar-refractivity contribution is -0.140. The second-order valence-corrected chi connectivity index (χ2v) is 4.30. The molecule has 0 aliphatic rings. The highest BCUT2D eigenvalue weighted by molar-refractivity contribution is 9.10. The van der Waals surface area contributed by atoms with Gasteiger partial charge in [-0.05, 0) is 34.1 Å². The van der Waals surface area contributed by atoms with Gasteiger partial charge in [0.25, 0.3) is 0 Å². The largest absolute Gasteiger partial charge is 0.431 e. The zero-order chi connectivity index (χ0) is 11.2. The lowest BCUT2D eigenvalue weighted by Crippen LogP contribution is -2.04. The van der Waals surface area contributed by atoms with Crippen LogP contribution in [-0.4, -0.2) is 4.98 Å². The number of aromatic amines is 1. The van der Waals surface area contributed by atoms with E-state index >= 15 is 0 Å². The summed E-state index contributed by atoms with van der Waals surface area (Å²) in [5, 5.41) is 0.844. The minimum atomic E-state index is -4.36. The van der Waals surface area contributed by atoms with E-state index in [4.69, 9.17) is 11.6 Å². The Kier molecular flexibility index (Phi) is 2.47. The molecule has 1 nitrogen and oxygen atoms in total. The summed E-state index contributed by atoms with van der Waals surface area (Å²) in [6.07, 6.45) is -4.36. The number of aromatic nitrogens is 1. The molecule has 0 atom stereocenters. The molecular weight excluding hydrogens is 294 g/mol. The molecule has 0 bridgehead atoms. The van der Waals surface area contributed by atoms with E-state index in [0.717, 1.165) is 6.07 Å². The highest BCUT2D eigenvalue weighted by Crippen LogP contribution is 2.34. The summed E-state index contributed by atoms with van der Waals surface area (Å²) in [5.41, 5.74) is -0.401. The first-order chi connectivity index (χ1) is 6.88. The van der Waals surface area contributed by atoms with E-state index < -0.39 is 11.9 Å². The number of hydrogen-bond donors (Lipinski definition) is 1. The number of hydrogen-bond acceptors (Lipinski definition) is 0. The summed E-state index contributed by atoms with van der Waals surface area (Å²) in [5.74, 6) is 0. The standard InChI is InChI=1S/C9H4BrClF3N/c10-5-1-4-2-8(9(12,13)14)15-7(4)3-6(5)11/h1-3,15H. The monoisotopic (exact) mass is 297 g/mol. The molecule has 15 heavy (non-hydrogen) atoms. The Morgan fingerprint density at radius 3 is 2.47 bits per heavy atom. The van der Waals surface area contributed by atoms with Crippen LogP contribution in [0.3, 0.4) is 0 Å². The van der Waals surface area contributed by atoms with Crippen LogP contribution in [0.15, 0.2) is 22.7 Å². The van der Waals surface area contributed by atoms with E-state index in [1.165, 1.54) is 6.07 Å². The van der Waals surface area contributed by atoms with Gasteiger partial charge in [-0.2, -0.15) is 13.2 Å². The summed E-state index contributed by atoms with van der Waals surface area (Å²) in [7, 11) is 0. The third-order valence-corrected chi connectivity index (χ3v) is 3.16. The van der Waals surface area contributed by atoms with Crippen LogP contribution in [-0.2, 0) is 6.18 Å². The fraction of sp³-hybridized carbons (Fsp3) is 0.111. The van der Waals surface area contributed by atoms with Crippen molar-refractivity contribution in [2.24, 2.45) is 0 Å². The summed E-state index contributed by atoms with van der Waals surface area (Å²) in [6.45, 7) is 0. The van der Waals surface area contributed by atoms with Crippen LogP contribution < -0.4 is 0 Å². The first-order valence-electron chi connectivity index (χ1n) is 3.93. The van der Waals surface area contributed by atoms with Crippen molar-refractivity contribution < 1.29 is 13.2 Å². The number of rotatable bonds is 0. The lowest BCUT2D eigenvalue weighted by atomic mass is 10.2. The van der Waals surface area contributed by atoms with Gasteiger partial charge >= 0.3 is 6.18 Å². The molecule has 0 unspecified atom stereocenters. The highest BCUT2D eigenvalue weighted by atomic mass is 79.9. The SMILES string of the molecule is FC(F)(F)c1cc2cc(Br)c(Cl)cc2[nH]1. The molecule has 0 saturated heterocycles. The molecule has 0 radical (unpaired) electrons. The average molecular weight is 298 g/mol. The summed E-state index contributed by atoms with van der Waals surface area (Å²) < 4.78 is 37.6. The molecule has 0 fully saturated rings. The quantitative estimate of drug-likeness (QED) is 0.731. The van der Waals surface area contributed by atoms with Crippen molar-refractivity contribution in [3.05, 3.63) is 33.4 Å². The molecule has 2 aromatic rings. The minimum Gasteiger partial charge on any atom is -0.351 e. The Morgan fingerprint density at radius 1 is 1.20 bits per heavy atom. The maximum atomic E-state index is 12.4. The Hall–Kier alpha value is -0.680. The Bertz CT molecular complexity index is 479. The molecule has 2 rings (SSSR count). The second kappa shape index (κ2) is 3.42. The van der Waals surface area contributed by atoms with Crippen LogP contribution in [0.2, 0.25) is 5.02 Å². The van der Waals surface area contributed by atoms with Crippen molar-refractivity contribution >= 4 is 38.4 Å². The van der Waals surface area contributed by atoms with E-state index in [1.807, 2.05) is 0 Å². The van der Waals surface area contributed by atoms with E-state index in [2.05, 4.69) is 20.9 Å². The summed E-state index contributed by atoms with van der Waals surface area (Å²) >= 11 is 8.91. The minimum absolute atomic E-state index is 0.371. The third-order valence-electron chi connectivity index (χ3n) is 1.97. The molecule has 1 heterocycles. The van der Waals surface area contributed by atoms with E-state index in [0.29, 0.717) is 20.4 Å². The highest BCUT2D eigenvalue weighted by Gasteiger charge is 2.32. The van der Waals surface area contributed by atoms with Gasteiger partial charge in [-0.25, -0.2) is 0 Å². The first kappa shape index (κ1) is 10.8. The molecule has 1 aromatic heterocycles. The van der Waals surface area contributed by atoms with Gasteiger partial charge < -0.3 is 4.98 Å². The number of H-pyrrole nitrogens is 1. The molecule has 0 aliphatic heterocycles. The smallest absolute Gasteiger partial charge is 0.351 e. The van der Waals surface area contributed by atoms with Crippen LogP contribution >= 0.6 is 27.5 Å². The van der Waals surface area contributed by atoms with E-state index in [1.54, 1.807) is 6.07 Å². The molecule has 1 aromatic carbocycles. The number of nitrogens with one attached hydrogen (secondary N) is 1. The molecule has 80 valence electrons. The van der Waals surface area contributed by atoms with Crippen molar-refractivity contribution in [2.75, 3.05) is 0 Å². The second-order valence-electron chi connectivity index (χ2n) is 3.03. The van der Waals surface area contributed by atoms with Crippen LogP contribution in [0.4, 0.5) is 13.2 Å². The Balaban J connectivity index is 2.66. The maximum absolute atomic E-state index is 12.4. The van der Waals surface area contributed by atoms with Crippen molar-refractivity contribution in [1.29, 1.82) is 0 Å². The maximum Gasteiger partial charge on any atom is 0.431 e. The fourth-order valence-corrected chi connectivity index (χ4v) is 1.80. The van der Waals surface area contributed by atoms with Crippen molar-refractivity contribution in [1.82, 2.24) is 4.98 Å². The van der Waals surface area contributed by atoms with Gasteiger partial charge in [0, 0.05) is 15.4 Å². The molecule has 0 aliphatic carbocycles. The normalized spacial score (nSPS) is 12.3. The van der Waals surface area contributed by atoms with Gasteiger partial charge in [-0.15, -0.1) is 0 Å². The van der Waals surface area contributed by atoms with E-state index in [9.17, 15) is 13.2 Å². The molecule has 1 N–H and O–H groups in total. The van der Waals surface area contributed by atoms with Crippen molar-refractivity contribution in [3.63, 3.8) is 0 Å². The average Bonchev–Trinajstić information content (AvgIpc) is 2.47. The number of halogens is 5. The van der Waals surface area contributed by atoms with Gasteiger partial charge in [-0.1, -0.05) is 11.6 Å². The topological polar surface area (TPSA) is 15.8 Å². The van der Waals surface area contributed by atoms with Crippen LogP contribution in [0.5, 0.6) is 0 Å². The zero-order valence-corrected chi connectivity index (χ0v) is 9.46. The number of benzene rings is 1. The molecule has 0 spiro atoms. The van der Waals surface area contributed by atoms with Crippen LogP contribution in [0, 0.1) is 0 Å². The molecule has 0 saturated carbocycles. The molecule has 6 heteroatoms. The first-order valence-corrected chi connectivity index (χ1v) is 5.10. The number of fused-ring (bicyclic) bond motifs is 1. The zero-order valence-electron chi connectivity index (χ0n) is 7.12. The van der Waals surface area contributed by atoms with Gasteiger partial charge in [0.2, 0.25) is 0 Å². The van der Waals surface area contributed by atoms with Crippen LogP contribution in [0.25, 0.3) is 10.9 Å². The van der Waals surface area contributed by atoms with Gasteiger partial charge in [0.05, 0.1) is 5.02 Å². The molecular formula is C9H4BrClF3N. The predicted molar refractivity (Wildman–Crippen MR) is 56.0 cm³/mol. The van der Waals surface area contributed by atoms with Gasteiger partial charge in [-0.3, -0.25) is 0 Å². The summed E-state index contributed by atoms with van der Waals surface area (Å²) in [4.78, 5) is 2.27. The van der Waals surface area contributed by atoms with E-state index in [-0.39, 0.29) is 0 Å². The fourth-order valence-electron chi connectivity index (χ4n) is 1.28. The predicted octanol–water partition coefficient (Wildman–Crippen LogP) is 4.60. The molecule has 0 amide bonds. The Morgan fingerprint density at radius 2 is 1.87 bits per heavy atom. The third kappa shape index (κ3) is 1.99. The number of alkyl halides is 3. The summed E-state index contributed by atoms with van der Waals surface area (Å²) in [6, 6.07) is 4.05. The van der Waals surface area contributed by atoms with Gasteiger partial charge in [0.15, 0.2) is 0 Å².